The van der Waals surface area contributed by atoms with E-state index < -0.39 is 49.1 Å². The summed E-state index contributed by atoms with van der Waals surface area (Å²) in [5.74, 6) is -7.77. The summed E-state index contributed by atoms with van der Waals surface area (Å²) >= 11 is 0.833. The van der Waals surface area contributed by atoms with E-state index in [2.05, 4.69) is 10.1 Å². The van der Waals surface area contributed by atoms with Crippen molar-refractivity contribution in [3.63, 3.8) is 0 Å². The molecule has 1 amide bonds. The van der Waals surface area contributed by atoms with Crippen molar-refractivity contribution in [2.75, 3.05) is 12.3 Å². The minimum absolute atomic E-state index is 0.133. The van der Waals surface area contributed by atoms with Gasteiger partial charge >= 0.3 is 18.1 Å². The van der Waals surface area contributed by atoms with E-state index in [1.165, 1.54) is 0 Å². The molecule has 0 aromatic carbocycles. The molecule has 0 fully saturated rings. The molecule has 0 unspecified atom stereocenters. The number of carbonyl (C=O) groups excluding carboxylic acids is 1. The summed E-state index contributed by atoms with van der Waals surface area (Å²) in [6.45, 7) is -0.706. The highest BCUT2D eigenvalue weighted by Crippen LogP contribution is 2.39. The lowest BCUT2D eigenvalue weighted by Gasteiger charge is -2.19. The Morgan fingerprint density at radius 1 is 1.25 bits per heavy atom. The molecule has 0 spiro atoms. The van der Waals surface area contributed by atoms with Gasteiger partial charge in [0.05, 0.1) is 0 Å². The molecular formula is C14H13F5N4O4S. The summed E-state index contributed by atoms with van der Waals surface area (Å²) in [7, 11) is 0. The maximum absolute atomic E-state index is 12.9. The lowest BCUT2D eigenvalue weighted by Crippen LogP contribution is -2.36. The van der Waals surface area contributed by atoms with Crippen LogP contribution in [-0.2, 0) is 4.79 Å². The molecule has 2 heterocycles. The van der Waals surface area contributed by atoms with Gasteiger partial charge in [-0.05, 0) is 12.2 Å². The second-order valence-electron chi connectivity index (χ2n) is 5.47. The van der Waals surface area contributed by atoms with Gasteiger partial charge in [-0.25, -0.2) is 9.50 Å². The van der Waals surface area contributed by atoms with E-state index in [1.54, 1.807) is 0 Å². The summed E-state index contributed by atoms with van der Waals surface area (Å²) in [6, 6.07) is 1.06. The quantitative estimate of drug-likeness (QED) is 0.336. The highest BCUT2D eigenvalue weighted by molar-refractivity contribution is 7.99. The van der Waals surface area contributed by atoms with Gasteiger partial charge in [0.15, 0.2) is 5.65 Å². The molecule has 0 aliphatic rings. The van der Waals surface area contributed by atoms with Crippen LogP contribution < -0.4 is 5.32 Å². The van der Waals surface area contributed by atoms with Gasteiger partial charge in [0.1, 0.15) is 29.2 Å². The van der Waals surface area contributed by atoms with Crippen LogP contribution in [0, 0.1) is 0 Å². The SMILES string of the molecule is O=C(O)CNC(=O)c1c(O)cc(SCCCC(F)(F)C(F)(F)F)n2ncnc12. The number of fused-ring (bicyclic) bond motifs is 1. The van der Waals surface area contributed by atoms with Gasteiger partial charge in [-0.2, -0.15) is 27.1 Å². The number of aliphatic carboxylic acids is 1. The van der Waals surface area contributed by atoms with E-state index in [4.69, 9.17) is 5.11 Å². The summed E-state index contributed by atoms with van der Waals surface area (Å²) < 4.78 is 63.3. The van der Waals surface area contributed by atoms with Crippen LogP contribution in [0.4, 0.5) is 22.0 Å². The number of carboxylic acid groups (broad SMARTS) is 1. The Labute approximate surface area is 157 Å². The van der Waals surface area contributed by atoms with Crippen LogP contribution in [0.1, 0.15) is 23.2 Å². The maximum Gasteiger partial charge on any atom is 0.453 e. The third-order valence-corrected chi connectivity index (χ3v) is 4.50. The number of thioether (sulfide) groups is 1. The Morgan fingerprint density at radius 3 is 2.54 bits per heavy atom. The van der Waals surface area contributed by atoms with Crippen molar-refractivity contribution in [1.82, 2.24) is 19.9 Å². The van der Waals surface area contributed by atoms with Crippen molar-refractivity contribution in [1.29, 1.82) is 0 Å². The molecule has 2 rings (SSSR count). The number of carboxylic acids is 1. The number of pyridine rings is 1. The summed E-state index contributed by atoms with van der Waals surface area (Å²) in [6.07, 6.45) is -6.47. The largest absolute Gasteiger partial charge is 0.507 e. The Kier molecular flexibility index (Phi) is 6.31. The van der Waals surface area contributed by atoms with Crippen molar-refractivity contribution >= 4 is 29.3 Å². The second kappa shape index (κ2) is 8.16. The van der Waals surface area contributed by atoms with Gasteiger partial charge in [-0.3, -0.25) is 9.59 Å². The summed E-state index contributed by atoms with van der Waals surface area (Å²) in [4.78, 5) is 26.4. The minimum Gasteiger partial charge on any atom is -0.507 e. The third kappa shape index (κ3) is 4.79. The zero-order valence-electron chi connectivity index (χ0n) is 13.8. The molecule has 0 saturated carbocycles. The van der Waals surface area contributed by atoms with Gasteiger partial charge < -0.3 is 15.5 Å². The molecule has 0 aliphatic carbocycles. The summed E-state index contributed by atoms with van der Waals surface area (Å²) in [5, 5.41) is 24.7. The Balaban J connectivity index is 2.13. The second-order valence-corrected chi connectivity index (χ2v) is 6.58. The van der Waals surface area contributed by atoms with Gasteiger partial charge in [0.2, 0.25) is 0 Å². The molecule has 154 valence electrons. The first-order chi connectivity index (χ1) is 12.9. The standard InChI is InChI=1S/C14H13F5N4O4S/c15-13(16,14(17,18)19)2-1-3-28-8-4-7(24)10(11-21-6-22-23(8)11)12(27)20-5-9(25)26/h4,6,24H,1-3,5H2,(H,20,27)(H,25,26). The zero-order chi connectivity index (χ0) is 21.1. The molecule has 0 bridgehead atoms. The Hall–Kier alpha value is -2.64. The number of nitrogens with zero attached hydrogens (tertiary/aromatic N) is 3. The maximum atomic E-state index is 12.9. The molecule has 2 aromatic rings. The van der Waals surface area contributed by atoms with Crippen molar-refractivity contribution in [3.05, 3.63) is 18.0 Å². The fourth-order valence-electron chi connectivity index (χ4n) is 2.12. The number of hydrogen-bond acceptors (Lipinski definition) is 6. The first-order valence-electron chi connectivity index (χ1n) is 7.57. The number of amides is 1. The molecule has 0 aliphatic heterocycles. The normalized spacial score (nSPS) is 12.3. The molecule has 0 radical (unpaired) electrons. The number of aromatic nitrogens is 3. The van der Waals surface area contributed by atoms with Crippen LogP contribution >= 0.6 is 11.8 Å². The van der Waals surface area contributed by atoms with Gasteiger partial charge in [-0.1, -0.05) is 0 Å². The van der Waals surface area contributed by atoms with E-state index in [0.717, 1.165) is 28.7 Å². The fourth-order valence-corrected chi connectivity index (χ4v) is 3.06. The third-order valence-electron chi connectivity index (χ3n) is 3.42. The lowest BCUT2D eigenvalue weighted by atomic mass is 10.2. The van der Waals surface area contributed by atoms with Gasteiger partial charge in [-0.15, -0.1) is 11.8 Å². The first-order valence-corrected chi connectivity index (χ1v) is 8.55. The fraction of sp³-hybridized carbons (Fsp3) is 0.429. The van der Waals surface area contributed by atoms with Crippen LogP contribution in [0.25, 0.3) is 5.65 Å². The molecular weight excluding hydrogens is 415 g/mol. The number of aromatic hydroxyl groups is 1. The van der Waals surface area contributed by atoms with E-state index in [9.17, 15) is 36.6 Å². The van der Waals surface area contributed by atoms with E-state index >= 15 is 0 Å². The van der Waals surface area contributed by atoms with Crippen LogP contribution in [-0.4, -0.2) is 61.1 Å². The zero-order valence-corrected chi connectivity index (χ0v) is 14.7. The van der Waals surface area contributed by atoms with Crippen LogP contribution in [0.5, 0.6) is 5.75 Å². The molecule has 2 aromatic heterocycles. The van der Waals surface area contributed by atoms with Crippen molar-refractivity contribution in [3.8, 4) is 5.75 Å². The van der Waals surface area contributed by atoms with E-state index in [-0.39, 0.29) is 22.0 Å². The number of nitrogens with one attached hydrogen (secondary N) is 1. The molecule has 3 N–H and O–H groups in total. The number of carbonyl (C=O) groups is 2. The van der Waals surface area contributed by atoms with Crippen LogP contribution in [0.3, 0.4) is 0 Å². The van der Waals surface area contributed by atoms with Crippen molar-refractivity contribution in [2.24, 2.45) is 0 Å². The average molecular weight is 428 g/mol. The average Bonchev–Trinajstić information content (AvgIpc) is 3.04. The molecule has 0 atom stereocenters. The highest BCUT2D eigenvalue weighted by atomic mass is 32.2. The predicted octanol–water partition coefficient (Wildman–Crippen LogP) is 2.32. The topological polar surface area (TPSA) is 117 Å². The number of rotatable bonds is 8. The molecule has 8 nitrogen and oxygen atoms in total. The monoisotopic (exact) mass is 428 g/mol. The van der Waals surface area contributed by atoms with Crippen LogP contribution in [0.2, 0.25) is 0 Å². The number of alkyl halides is 5. The number of halogens is 5. The van der Waals surface area contributed by atoms with E-state index in [1.807, 2.05) is 5.32 Å². The van der Waals surface area contributed by atoms with Crippen molar-refractivity contribution in [2.45, 2.75) is 30.0 Å². The van der Waals surface area contributed by atoms with Crippen LogP contribution in [0.15, 0.2) is 17.4 Å². The number of hydrogen-bond donors (Lipinski definition) is 3. The minimum atomic E-state index is -5.62. The highest BCUT2D eigenvalue weighted by Gasteiger charge is 2.56. The first kappa shape index (κ1) is 21.7. The molecule has 0 saturated heterocycles. The van der Waals surface area contributed by atoms with E-state index in [0.29, 0.717) is 0 Å². The Morgan fingerprint density at radius 2 is 1.93 bits per heavy atom. The molecule has 14 heteroatoms. The van der Waals surface area contributed by atoms with Crippen molar-refractivity contribution < 1.29 is 41.8 Å². The van der Waals surface area contributed by atoms with Gasteiger partial charge in [0.25, 0.3) is 5.91 Å². The smallest absolute Gasteiger partial charge is 0.453 e. The molecule has 28 heavy (non-hydrogen) atoms. The predicted molar refractivity (Wildman–Crippen MR) is 85.6 cm³/mol. The summed E-state index contributed by atoms with van der Waals surface area (Å²) in [5.41, 5.74) is -0.488. The van der Waals surface area contributed by atoms with Gasteiger partial charge in [0, 0.05) is 12.5 Å². The Bertz CT molecular complexity index is 886. The lowest BCUT2D eigenvalue weighted by molar-refractivity contribution is -0.284.